The Balaban J connectivity index is 2.19. The Morgan fingerprint density at radius 1 is 1.33 bits per heavy atom. The minimum Gasteiger partial charge on any atom is -0.496 e. The van der Waals surface area contributed by atoms with E-state index in [1.165, 1.54) is 0 Å². The van der Waals surface area contributed by atoms with Gasteiger partial charge in [-0.1, -0.05) is 6.07 Å². The quantitative estimate of drug-likeness (QED) is 0.887. The molecule has 2 rings (SSSR count). The molecular formula is C15H21NO2. The Hall–Kier alpha value is -1.51. The molecule has 0 saturated heterocycles. The predicted octanol–water partition coefficient (Wildman–Crippen LogP) is 2.44. The summed E-state index contributed by atoms with van der Waals surface area (Å²) in [4.78, 5) is 11.8. The zero-order chi connectivity index (χ0) is 13.3. The van der Waals surface area contributed by atoms with E-state index in [4.69, 9.17) is 4.74 Å². The lowest BCUT2D eigenvalue weighted by atomic mass is 9.96. The first kappa shape index (κ1) is 12.9. The fourth-order valence-electron chi connectivity index (χ4n) is 2.32. The second kappa shape index (κ2) is 5.01. The molecule has 18 heavy (non-hydrogen) atoms. The first-order valence-electron chi connectivity index (χ1n) is 6.46. The maximum atomic E-state index is 11.8. The van der Waals surface area contributed by atoms with Gasteiger partial charge in [0.25, 0.3) is 0 Å². The lowest BCUT2D eigenvalue weighted by Gasteiger charge is -2.15. The van der Waals surface area contributed by atoms with Crippen LogP contribution in [0.15, 0.2) is 6.07 Å². The summed E-state index contributed by atoms with van der Waals surface area (Å²) in [5, 5.41) is 3.03. The van der Waals surface area contributed by atoms with Crippen LogP contribution in [0.4, 0.5) is 0 Å². The van der Waals surface area contributed by atoms with Crippen LogP contribution in [-0.4, -0.2) is 19.1 Å². The topological polar surface area (TPSA) is 38.3 Å². The molecule has 0 spiro atoms. The Morgan fingerprint density at radius 3 is 2.56 bits per heavy atom. The Kier molecular flexibility index (Phi) is 3.60. The van der Waals surface area contributed by atoms with Crippen LogP contribution < -0.4 is 10.1 Å². The molecule has 1 fully saturated rings. The molecule has 0 heterocycles. The molecule has 98 valence electrons. The lowest BCUT2D eigenvalue weighted by molar-refractivity contribution is -0.120. The largest absolute Gasteiger partial charge is 0.496 e. The Bertz CT molecular complexity index is 476. The highest BCUT2D eigenvalue weighted by Crippen LogP contribution is 2.29. The third kappa shape index (κ3) is 2.66. The van der Waals surface area contributed by atoms with Crippen molar-refractivity contribution in [3.05, 3.63) is 28.3 Å². The first-order chi connectivity index (χ1) is 8.52. The highest BCUT2D eigenvalue weighted by atomic mass is 16.5. The summed E-state index contributed by atoms with van der Waals surface area (Å²) in [5.74, 6) is 1.06. The van der Waals surface area contributed by atoms with Crippen LogP contribution >= 0.6 is 0 Å². The summed E-state index contributed by atoms with van der Waals surface area (Å²) in [7, 11) is 1.69. The van der Waals surface area contributed by atoms with Gasteiger partial charge in [-0.15, -0.1) is 0 Å². The molecule has 3 nitrogen and oxygen atoms in total. The Morgan fingerprint density at radius 2 is 2.00 bits per heavy atom. The van der Waals surface area contributed by atoms with Gasteiger partial charge < -0.3 is 10.1 Å². The van der Waals surface area contributed by atoms with Crippen LogP contribution in [-0.2, 0) is 11.2 Å². The van der Waals surface area contributed by atoms with Crippen molar-refractivity contribution in [1.29, 1.82) is 0 Å². The molecule has 3 heteroatoms. The van der Waals surface area contributed by atoms with E-state index in [0.717, 1.165) is 40.8 Å². The number of aryl methyl sites for hydroxylation is 1. The summed E-state index contributed by atoms with van der Waals surface area (Å²) < 4.78 is 5.39. The van der Waals surface area contributed by atoms with Crippen molar-refractivity contribution in [3.63, 3.8) is 0 Å². The molecular weight excluding hydrogens is 226 g/mol. The molecule has 1 saturated carbocycles. The smallest absolute Gasteiger partial charge is 0.224 e. The first-order valence-corrected chi connectivity index (χ1v) is 6.46. The van der Waals surface area contributed by atoms with Gasteiger partial charge in [-0.25, -0.2) is 0 Å². The molecule has 1 aromatic carbocycles. The average molecular weight is 247 g/mol. The minimum atomic E-state index is 0.129. The van der Waals surface area contributed by atoms with E-state index in [1.807, 2.05) is 13.8 Å². The number of nitrogens with one attached hydrogen (secondary N) is 1. The fourth-order valence-corrected chi connectivity index (χ4v) is 2.32. The highest BCUT2D eigenvalue weighted by molar-refractivity contribution is 5.80. The van der Waals surface area contributed by atoms with E-state index in [9.17, 15) is 4.79 Å². The standard InChI is InChI=1S/C15H21NO2/c1-9-7-12(8-14(17)16-13-5-6-13)10(2)11(3)15(9)18-4/h7,13H,5-6,8H2,1-4H3,(H,16,17). The van der Waals surface area contributed by atoms with Gasteiger partial charge >= 0.3 is 0 Å². The summed E-state index contributed by atoms with van der Waals surface area (Å²) in [6.45, 7) is 6.12. The molecule has 1 aliphatic rings. The van der Waals surface area contributed by atoms with E-state index in [2.05, 4.69) is 18.3 Å². The normalized spacial score (nSPS) is 14.4. The SMILES string of the molecule is COc1c(C)cc(CC(=O)NC2CC2)c(C)c1C. The highest BCUT2D eigenvalue weighted by Gasteiger charge is 2.23. The van der Waals surface area contributed by atoms with Crippen LogP contribution in [0.5, 0.6) is 5.75 Å². The van der Waals surface area contributed by atoms with Crippen LogP contribution in [0.2, 0.25) is 0 Å². The molecule has 0 unspecified atom stereocenters. The minimum absolute atomic E-state index is 0.129. The predicted molar refractivity (Wildman–Crippen MR) is 72.1 cm³/mol. The Labute approximate surface area is 109 Å². The van der Waals surface area contributed by atoms with Gasteiger partial charge in [-0.3, -0.25) is 4.79 Å². The van der Waals surface area contributed by atoms with E-state index in [0.29, 0.717) is 12.5 Å². The third-order valence-electron chi connectivity index (χ3n) is 3.63. The molecule has 1 N–H and O–H groups in total. The fraction of sp³-hybridized carbons (Fsp3) is 0.533. The summed E-state index contributed by atoms with van der Waals surface area (Å²) in [5.41, 5.74) is 4.48. The summed E-state index contributed by atoms with van der Waals surface area (Å²) in [6, 6.07) is 2.49. The average Bonchev–Trinajstić information content (AvgIpc) is 3.10. The number of carbonyl (C=O) groups is 1. The number of rotatable bonds is 4. The molecule has 0 aliphatic heterocycles. The zero-order valence-electron chi connectivity index (χ0n) is 11.6. The number of amides is 1. The lowest BCUT2D eigenvalue weighted by Crippen LogP contribution is -2.27. The van der Waals surface area contributed by atoms with Crippen molar-refractivity contribution in [2.45, 2.75) is 46.1 Å². The molecule has 0 atom stereocenters. The van der Waals surface area contributed by atoms with Gasteiger partial charge in [0.15, 0.2) is 0 Å². The summed E-state index contributed by atoms with van der Waals surface area (Å²) >= 11 is 0. The van der Waals surface area contributed by atoms with E-state index < -0.39 is 0 Å². The van der Waals surface area contributed by atoms with Gasteiger partial charge in [-0.2, -0.15) is 0 Å². The van der Waals surface area contributed by atoms with Gasteiger partial charge in [0.1, 0.15) is 5.75 Å². The summed E-state index contributed by atoms with van der Waals surface area (Å²) in [6.07, 6.45) is 2.73. The second-order valence-electron chi connectivity index (χ2n) is 5.15. The van der Waals surface area contributed by atoms with Gasteiger partial charge in [0, 0.05) is 6.04 Å². The maximum Gasteiger partial charge on any atom is 0.224 e. The van der Waals surface area contributed by atoms with Crippen molar-refractivity contribution in [3.8, 4) is 5.75 Å². The van der Waals surface area contributed by atoms with Gasteiger partial charge in [-0.05, 0) is 55.9 Å². The van der Waals surface area contributed by atoms with E-state index in [-0.39, 0.29) is 5.91 Å². The molecule has 0 radical (unpaired) electrons. The van der Waals surface area contributed by atoms with Crippen LogP contribution in [0, 0.1) is 20.8 Å². The number of carbonyl (C=O) groups excluding carboxylic acids is 1. The molecule has 0 bridgehead atoms. The zero-order valence-corrected chi connectivity index (χ0v) is 11.6. The number of methoxy groups -OCH3 is 1. The number of hydrogen-bond donors (Lipinski definition) is 1. The van der Waals surface area contributed by atoms with Gasteiger partial charge in [0.2, 0.25) is 5.91 Å². The monoisotopic (exact) mass is 247 g/mol. The second-order valence-corrected chi connectivity index (χ2v) is 5.15. The van der Waals surface area contributed by atoms with Crippen molar-refractivity contribution < 1.29 is 9.53 Å². The van der Waals surface area contributed by atoms with Crippen LogP contribution in [0.3, 0.4) is 0 Å². The molecule has 1 amide bonds. The molecule has 1 aromatic rings. The van der Waals surface area contributed by atoms with Crippen molar-refractivity contribution >= 4 is 5.91 Å². The molecule has 1 aliphatic carbocycles. The van der Waals surface area contributed by atoms with Crippen molar-refractivity contribution in [2.75, 3.05) is 7.11 Å². The van der Waals surface area contributed by atoms with E-state index in [1.54, 1.807) is 7.11 Å². The number of benzene rings is 1. The van der Waals surface area contributed by atoms with Crippen molar-refractivity contribution in [2.24, 2.45) is 0 Å². The number of hydrogen-bond acceptors (Lipinski definition) is 2. The maximum absolute atomic E-state index is 11.8. The number of ether oxygens (including phenoxy) is 1. The third-order valence-corrected chi connectivity index (χ3v) is 3.63. The van der Waals surface area contributed by atoms with Crippen LogP contribution in [0.1, 0.15) is 35.1 Å². The molecule has 0 aromatic heterocycles. The van der Waals surface area contributed by atoms with E-state index >= 15 is 0 Å². The van der Waals surface area contributed by atoms with Crippen LogP contribution in [0.25, 0.3) is 0 Å². The van der Waals surface area contributed by atoms with Crippen molar-refractivity contribution in [1.82, 2.24) is 5.32 Å². The van der Waals surface area contributed by atoms with Gasteiger partial charge in [0.05, 0.1) is 13.5 Å².